The summed E-state index contributed by atoms with van der Waals surface area (Å²) in [5.41, 5.74) is 3.06. The molecule has 3 rings (SSSR count). The molecule has 0 radical (unpaired) electrons. The lowest BCUT2D eigenvalue weighted by molar-refractivity contribution is -0.130. The number of hydrogen-bond donors (Lipinski definition) is 0. The number of carbonyl (C=O) groups is 1. The summed E-state index contributed by atoms with van der Waals surface area (Å²) in [5, 5.41) is 0. The predicted molar refractivity (Wildman–Crippen MR) is 137 cm³/mol. The van der Waals surface area contributed by atoms with E-state index < -0.39 is 11.0 Å². The third-order valence-electron chi connectivity index (χ3n) is 6.35. The fraction of sp³-hybridized carbons (Fsp3) is 0.520. The number of likely N-dealkylation sites (N-methyl/N-ethyl adjacent to an activating group) is 1. The third kappa shape index (κ3) is 6.77. The van der Waals surface area contributed by atoms with Crippen LogP contribution in [0.15, 0.2) is 41.6 Å². The van der Waals surface area contributed by atoms with Crippen LogP contribution < -0.4 is 9.64 Å². The Morgan fingerprint density at radius 3 is 2.26 bits per heavy atom. The zero-order valence-corrected chi connectivity index (χ0v) is 21.8. The molecule has 0 aliphatic carbocycles. The second kappa shape index (κ2) is 12.3. The van der Waals surface area contributed by atoms with Gasteiger partial charge in [0.25, 0.3) is 0 Å². The summed E-state index contributed by atoms with van der Waals surface area (Å²) in [6.07, 6.45) is 3.99. The molecule has 1 unspecified atom stereocenters. The molecule has 2 aromatic rings. The summed E-state index contributed by atoms with van der Waals surface area (Å²) in [5.74, 6) is 0.830. The molecule has 1 aromatic heterocycles. The molecule has 0 saturated carbocycles. The number of pyridine rings is 1. The summed E-state index contributed by atoms with van der Waals surface area (Å²) < 4.78 is 20.1. The van der Waals surface area contributed by atoms with Crippen LogP contribution in [0, 0.1) is 13.8 Å². The van der Waals surface area contributed by atoms with Crippen LogP contribution in [0.2, 0.25) is 0 Å². The highest BCUT2D eigenvalue weighted by molar-refractivity contribution is 7.82. The topological polar surface area (TPSA) is 69.2 Å². The summed E-state index contributed by atoms with van der Waals surface area (Å²) in [6, 6.07) is 7.88. The highest BCUT2D eigenvalue weighted by atomic mass is 32.2. The molecule has 1 saturated heterocycles. The summed E-state index contributed by atoms with van der Waals surface area (Å²) in [7, 11) is 3.95. The van der Waals surface area contributed by atoms with Crippen molar-refractivity contribution in [1.82, 2.24) is 19.1 Å². The molecule has 1 atom stereocenters. The van der Waals surface area contributed by atoms with Gasteiger partial charge in [-0.25, -0.2) is 8.51 Å². The van der Waals surface area contributed by atoms with Crippen LogP contribution in [0.5, 0.6) is 5.75 Å². The summed E-state index contributed by atoms with van der Waals surface area (Å²) >= 11 is 0. The summed E-state index contributed by atoms with van der Waals surface area (Å²) in [6.45, 7) is 9.77. The normalized spacial score (nSPS) is 15.4. The Morgan fingerprint density at radius 1 is 1.06 bits per heavy atom. The van der Waals surface area contributed by atoms with Gasteiger partial charge in [-0.15, -0.1) is 0 Å². The van der Waals surface area contributed by atoms with Crippen molar-refractivity contribution in [2.45, 2.75) is 25.2 Å². The number of aromatic nitrogens is 1. The highest BCUT2D eigenvalue weighted by Crippen LogP contribution is 2.25. The minimum absolute atomic E-state index is 0.0717. The number of anilines is 1. The zero-order chi connectivity index (χ0) is 24.7. The van der Waals surface area contributed by atoms with E-state index in [-0.39, 0.29) is 5.91 Å². The van der Waals surface area contributed by atoms with Crippen LogP contribution in [0.3, 0.4) is 0 Å². The molecule has 1 amide bonds. The Kier molecular flexibility index (Phi) is 9.44. The SMILES string of the molecule is COc1cc(C)c(S(=O)N(C)CCC(=O)N(C)CCN2CCN(c3ccncc3)CC2)c(C)c1. The van der Waals surface area contributed by atoms with Gasteiger partial charge in [0.15, 0.2) is 0 Å². The minimum Gasteiger partial charge on any atom is -0.497 e. The quantitative estimate of drug-likeness (QED) is 0.512. The molecule has 34 heavy (non-hydrogen) atoms. The van der Waals surface area contributed by atoms with Crippen LogP contribution in [-0.2, 0) is 15.8 Å². The van der Waals surface area contributed by atoms with Crippen molar-refractivity contribution in [3.63, 3.8) is 0 Å². The van der Waals surface area contributed by atoms with Crippen molar-refractivity contribution in [2.75, 3.05) is 71.9 Å². The van der Waals surface area contributed by atoms with Gasteiger partial charge >= 0.3 is 0 Å². The Labute approximate surface area is 206 Å². The number of piperazine rings is 1. The maximum Gasteiger partial charge on any atom is 0.223 e. The first kappa shape index (κ1) is 26.1. The average Bonchev–Trinajstić information content (AvgIpc) is 2.85. The Balaban J connectivity index is 1.41. The van der Waals surface area contributed by atoms with Crippen molar-refractivity contribution in [3.8, 4) is 5.75 Å². The Morgan fingerprint density at radius 2 is 1.68 bits per heavy atom. The fourth-order valence-corrected chi connectivity index (χ4v) is 5.42. The summed E-state index contributed by atoms with van der Waals surface area (Å²) in [4.78, 5) is 24.1. The molecule has 0 bridgehead atoms. The molecule has 0 spiro atoms. The van der Waals surface area contributed by atoms with Gasteiger partial charge in [-0.3, -0.25) is 14.7 Å². The van der Waals surface area contributed by atoms with E-state index >= 15 is 0 Å². The fourth-order valence-electron chi connectivity index (χ4n) is 4.19. The van der Waals surface area contributed by atoms with Crippen molar-refractivity contribution >= 4 is 22.6 Å². The first-order valence-electron chi connectivity index (χ1n) is 11.7. The number of benzene rings is 1. The van der Waals surface area contributed by atoms with Crippen molar-refractivity contribution in [1.29, 1.82) is 0 Å². The van der Waals surface area contributed by atoms with Gasteiger partial charge in [-0.1, -0.05) is 0 Å². The molecular weight excluding hydrogens is 450 g/mol. The lowest BCUT2D eigenvalue weighted by atomic mass is 10.1. The van der Waals surface area contributed by atoms with Crippen molar-refractivity contribution in [2.24, 2.45) is 0 Å². The van der Waals surface area contributed by atoms with E-state index in [0.717, 1.165) is 54.5 Å². The molecule has 0 N–H and O–H groups in total. The third-order valence-corrected chi connectivity index (χ3v) is 8.09. The Bertz CT molecular complexity index is 957. The van der Waals surface area contributed by atoms with E-state index in [9.17, 15) is 9.00 Å². The van der Waals surface area contributed by atoms with E-state index in [1.165, 1.54) is 5.69 Å². The van der Waals surface area contributed by atoms with Crippen LogP contribution in [0.25, 0.3) is 0 Å². The molecule has 1 aromatic carbocycles. The van der Waals surface area contributed by atoms with Gasteiger partial charge in [0, 0.05) is 84.4 Å². The predicted octanol–water partition coefficient (Wildman–Crippen LogP) is 2.33. The number of ether oxygens (including phenoxy) is 1. The number of nitrogens with zero attached hydrogens (tertiary/aromatic N) is 5. The van der Waals surface area contributed by atoms with Crippen molar-refractivity contribution < 1.29 is 13.7 Å². The number of aryl methyl sites for hydroxylation is 2. The van der Waals surface area contributed by atoms with Gasteiger partial charge in [-0.05, 0) is 49.2 Å². The van der Waals surface area contributed by atoms with E-state index in [1.807, 2.05) is 57.6 Å². The number of hydrogen-bond acceptors (Lipinski definition) is 6. The highest BCUT2D eigenvalue weighted by Gasteiger charge is 2.20. The Hall–Kier alpha value is -2.49. The average molecular weight is 488 g/mol. The number of carbonyl (C=O) groups excluding carboxylic acids is 1. The van der Waals surface area contributed by atoms with Gasteiger partial charge in [0.05, 0.1) is 12.0 Å². The van der Waals surface area contributed by atoms with Crippen LogP contribution in [0.4, 0.5) is 5.69 Å². The molecule has 1 aliphatic heterocycles. The number of methoxy groups -OCH3 is 1. The van der Waals surface area contributed by atoms with Crippen LogP contribution in [0.1, 0.15) is 17.5 Å². The first-order chi connectivity index (χ1) is 16.3. The second-order valence-corrected chi connectivity index (χ2v) is 10.3. The molecule has 9 heteroatoms. The molecule has 1 aliphatic rings. The van der Waals surface area contributed by atoms with Gasteiger partial charge in [-0.2, -0.15) is 0 Å². The second-order valence-electron chi connectivity index (χ2n) is 8.79. The molecular formula is C25H37N5O3S. The lowest BCUT2D eigenvalue weighted by Gasteiger charge is -2.36. The van der Waals surface area contributed by atoms with Gasteiger partial charge in [0.2, 0.25) is 5.91 Å². The molecule has 2 heterocycles. The largest absolute Gasteiger partial charge is 0.497 e. The van der Waals surface area contributed by atoms with E-state index in [0.29, 0.717) is 19.5 Å². The van der Waals surface area contributed by atoms with E-state index in [1.54, 1.807) is 23.4 Å². The first-order valence-corrected chi connectivity index (χ1v) is 12.8. The minimum atomic E-state index is -1.33. The van der Waals surface area contributed by atoms with Crippen LogP contribution in [-0.4, -0.2) is 96.2 Å². The number of amides is 1. The van der Waals surface area contributed by atoms with Crippen molar-refractivity contribution in [3.05, 3.63) is 47.8 Å². The monoisotopic (exact) mass is 487 g/mol. The standard InChI is InChI=1S/C25H37N5O3S/c1-20-18-23(33-5)19-21(2)25(20)34(32)28(4)11-8-24(31)27(3)12-13-29-14-16-30(17-15-29)22-6-9-26-10-7-22/h6-7,9-10,18-19H,8,11-17H2,1-5H3. The van der Waals surface area contributed by atoms with Gasteiger partial charge < -0.3 is 14.5 Å². The zero-order valence-electron chi connectivity index (χ0n) is 21.0. The van der Waals surface area contributed by atoms with E-state index in [2.05, 4.69) is 14.8 Å². The maximum atomic E-state index is 13.1. The molecule has 8 nitrogen and oxygen atoms in total. The number of rotatable bonds is 10. The maximum absolute atomic E-state index is 13.1. The van der Waals surface area contributed by atoms with E-state index in [4.69, 9.17) is 4.74 Å². The molecule has 186 valence electrons. The van der Waals surface area contributed by atoms with Crippen LogP contribution >= 0.6 is 0 Å². The smallest absolute Gasteiger partial charge is 0.223 e. The van der Waals surface area contributed by atoms with Gasteiger partial charge in [0.1, 0.15) is 16.7 Å². The lowest BCUT2D eigenvalue weighted by Crippen LogP contribution is -2.48. The molecule has 1 fully saturated rings.